The van der Waals surface area contributed by atoms with Gasteiger partial charge in [-0.1, -0.05) is 0 Å². The van der Waals surface area contributed by atoms with Gasteiger partial charge in [-0.15, -0.1) is 0 Å². The van der Waals surface area contributed by atoms with E-state index < -0.39 is 23.4 Å². The number of nitrogens with zero attached hydrogens (tertiary/aromatic N) is 6. The molecule has 33 heavy (non-hydrogen) atoms. The molecule has 0 spiro atoms. The van der Waals surface area contributed by atoms with Gasteiger partial charge >= 0.3 is 0 Å². The molecule has 3 aromatic heterocycles. The number of methoxy groups -OCH3 is 1. The molecule has 0 saturated heterocycles. The number of imidazole rings is 1. The molecule has 5 rings (SSSR count). The fraction of sp³-hybridized carbons (Fsp3) is 0.217. The van der Waals surface area contributed by atoms with E-state index in [-0.39, 0.29) is 5.56 Å². The van der Waals surface area contributed by atoms with Gasteiger partial charge in [-0.3, -0.25) is 0 Å². The van der Waals surface area contributed by atoms with Crippen LogP contribution in [-0.2, 0) is 6.54 Å². The van der Waals surface area contributed by atoms with Crippen molar-refractivity contribution in [2.75, 3.05) is 7.11 Å². The van der Waals surface area contributed by atoms with E-state index in [0.29, 0.717) is 42.3 Å². The van der Waals surface area contributed by atoms with E-state index in [4.69, 9.17) is 4.74 Å². The highest BCUT2D eigenvalue weighted by Crippen LogP contribution is 2.35. The molecule has 4 aromatic rings. The van der Waals surface area contributed by atoms with Gasteiger partial charge in [-0.2, -0.15) is 5.10 Å². The Bertz CT molecular complexity index is 1380. The van der Waals surface area contributed by atoms with Crippen molar-refractivity contribution in [3.63, 3.8) is 0 Å². The van der Waals surface area contributed by atoms with Crippen LogP contribution in [0.2, 0.25) is 0 Å². The first-order chi connectivity index (χ1) is 15.9. The number of hydrogen-bond acceptors (Lipinski definition) is 5. The molecule has 0 fully saturated rings. The third-order valence-electron chi connectivity index (χ3n) is 5.52. The summed E-state index contributed by atoms with van der Waals surface area (Å²) in [6.45, 7) is 2.40. The first-order valence-corrected chi connectivity index (χ1v) is 10.3. The fourth-order valence-electron chi connectivity index (χ4n) is 3.95. The summed E-state index contributed by atoms with van der Waals surface area (Å²) in [7, 11) is 1.54. The predicted molar refractivity (Wildman–Crippen MR) is 114 cm³/mol. The Hall–Kier alpha value is -3.95. The summed E-state index contributed by atoms with van der Waals surface area (Å²) >= 11 is 0. The Morgan fingerprint density at radius 2 is 1.88 bits per heavy atom. The number of pyridine rings is 1. The third-order valence-corrected chi connectivity index (χ3v) is 5.52. The van der Waals surface area contributed by atoms with Gasteiger partial charge in [0.25, 0.3) is 0 Å². The molecule has 10 heteroatoms. The maximum absolute atomic E-state index is 14.3. The molecular weight excluding hydrogens is 433 g/mol. The van der Waals surface area contributed by atoms with Gasteiger partial charge < -0.3 is 9.30 Å². The van der Waals surface area contributed by atoms with Gasteiger partial charge in [0, 0.05) is 30.3 Å². The minimum Gasteiger partial charge on any atom is -0.479 e. The van der Waals surface area contributed by atoms with Crippen LogP contribution >= 0.6 is 0 Å². The number of fused-ring (bicyclic) bond motifs is 1. The Labute approximate surface area is 187 Å². The highest BCUT2D eigenvalue weighted by atomic mass is 19.2. The van der Waals surface area contributed by atoms with Gasteiger partial charge in [0.15, 0.2) is 17.5 Å². The summed E-state index contributed by atoms with van der Waals surface area (Å²) in [4.78, 5) is 13.2. The van der Waals surface area contributed by atoms with E-state index in [1.54, 1.807) is 30.3 Å². The van der Waals surface area contributed by atoms with Gasteiger partial charge in [0.05, 0.1) is 24.8 Å². The molecular formula is C23H19F3N6O. The van der Waals surface area contributed by atoms with E-state index >= 15 is 0 Å². The van der Waals surface area contributed by atoms with Gasteiger partial charge in [0.2, 0.25) is 5.88 Å². The largest absolute Gasteiger partial charge is 0.479 e. The van der Waals surface area contributed by atoms with E-state index in [1.165, 1.54) is 0 Å². The second-order valence-corrected chi connectivity index (χ2v) is 7.70. The smallest absolute Gasteiger partial charge is 0.238 e. The van der Waals surface area contributed by atoms with Crippen molar-refractivity contribution in [1.29, 1.82) is 0 Å². The average Bonchev–Trinajstić information content (AvgIpc) is 3.50. The summed E-state index contributed by atoms with van der Waals surface area (Å²) in [5.41, 5.74) is 2.34. The molecule has 1 unspecified atom stereocenters. The fourth-order valence-corrected chi connectivity index (χ4v) is 3.95. The zero-order valence-corrected chi connectivity index (χ0v) is 17.8. The number of aryl methyl sites for hydroxylation is 2. The van der Waals surface area contributed by atoms with Gasteiger partial charge in [0.1, 0.15) is 17.3 Å². The minimum atomic E-state index is -1.21. The van der Waals surface area contributed by atoms with E-state index in [0.717, 1.165) is 17.4 Å². The summed E-state index contributed by atoms with van der Waals surface area (Å²) in [6.07, 6.45) is 7.50. The van der Waals surface area contributed by atoms with Crippen LogP contribution in [0, 0.1) is 24.4 Å². The molecule has 1 aliphatic rings. The van der Waals surface area contributed by atoms with Crippen LogP contribution in [0.4, 0.5) is 13.2 Å². The number of aromatic nitrogens is 6. The molecule has 1 aliphatic heterocycles. The van der Waals surface area contributed by atoms with Crippen LogP contribution in [0.5, 0.6) is 5.88 Å². The number of ether oxygens (including phenoxy) is 1. The Morgan fingerprint density at radius 3 is 2.64 bits per heavy atom. The Kier molecular flexibility index (Phi) is 5.20. The van der Waals surface area contributed by atoms with Crippen LogP contribution in [0.15, 0.2) is 36.8 Å². The lowest BCUT2D eigenvalue weighted by Gasteiger charge is -2.10. The van der Waals surface area contributed by atoms with Crippen LogP contribution in [0.25, 0.3) is 17.8 Å². The van der Waals surface area contributed by atoms with E-state index in [1.807, 2.05) is 29.8 Å². The highest BCUT2D eigenvalue weighted by Gasteiger charge is 2.30. The van der Waals surface area contributed by atoms with Crippen LogP contribution < -0.4 is 4.74 Å². The molecule has 4 heterocycles. The molecule has 0 bridgehead atoms. The summed E-state index contributed by atoms with van der Waals surface area (Å²) in [6, 6.07) is 5.16. The highest BCUT2D eigenvalue weighted by molar-refractivity contribution is 5.65. The Morgan fingerprint density at radius 1 is 1.06 bits per heavy atom. The molecule has 7 nitrogen and oxygen atoms in total. The van der Waals surface area contributed by atoms with Crippen LogP contribution in [0.1, 0.15) is 40.9 Å². The molecule has 0 saturated carbocycles. The molecule has 168 valence electrons. The zero-order valence-electron chi connectivity index (χ0n) is 17.8. The van der Waals surface area contributed by atoms with Crippen molar-refractivity contribution in [2.45, 2.75) is 25.8 Å². The predicted octanol–water partition coefficient (Wildman–Crippen LogP) is 4.30. The molecule has 1 atom stereocenters. The van der Waals surface area contributed by atoms with E-state index in [2.05, 4.69) is 20.1 Å². The molecule has 0 amide bonds. The molecule has 0 N–H and O–H groups in total. The molecule has 0 radical (unpaired) electrons. The minimum absolute atomic E-state index is 0.0762. The molecule has 1 aromatic carbocycles. The number of halogens is 3. The standard InChI is InChI=1S/C23H19F3N6O/c1-13-11-31(12-27-13)20-5-3-14(28-23(20)33-2)4-6-21-29-22-15(7-8-32(22)30-21)16-9-18(25)19(26)10-17(16)24/h3-6,9-12,15H,7-8H2,1-2H3. The monoisotopic (exact) mass is 452 g/mol. The van der Waals surface area contributed by atoms with Crippen molar-refractivity contribution in [3.8, 4) is 11.6 Å². The van der Waals surface area contributed by atoms with E-state index in [9.17, 15) is 13.2 Å². The van der Waals surface area contributed by atoms with Crippen molar-refractivity contribution in [1.82, 2.24) is 29.3 Å². The van der Waals surface area contributed by atoms with Crippen molar-refractivity contribution >= 4 is 12.2 Å². The summed E-state index contributed by atoms with van der Waals surface area (Å²) < 4.78 is 50.2. The topological polar surface area (TPSA) is 70.7 Å². The van der Waals surface area contributed by atoms with Crippen molar-refractivity contribution in [2.24, 2.45) is 0 Å². The SMILES string of the molecule is COc1nc(C=Cc2nc3n(n2)CCC3c2cc(F)c(F)cc2F)ccc1-n1cnc(C)c1. The number of rotatable bonds is 5. The first-order valence-electron chi connectivity index (χ1n) is 10.3. The second-order valence-electron chi connectivity index (χ2n) is 7.70. The van der Waals surface area contributed by atoms with Crippen LogP contribution in [-0.4, -0.2) is 36.4 Å². The zero-order chi connectivity index (χ0) is 23.1. The maximum atomic E-state index is 14.3. The lowest BCUT2D eigenvalue weighted by Crippen LogP contribution is -2.04. The second kappa shape index (κ2) is 8.19. The maximum Gasteiger partial charge on any atom is 0.238 e. The summed E-state index contributed by atoms with van der Waals surface area (Å²) in [5, 5.41) is 4.42. The lowest BCUT2D eigenvalue weighted by molar-refractivity contribution is 0.395. The van der Waals surface area contributed by atoms with Crippen molar-refractivity contribution < 1.29 is 17.9 Å². The first kappa shape index (κ1) is 20.9. The number of hydrogen-bond donors (Lipinski definition) is 0. The quantitative estimate of drug-likeness (QED) is 0.423. The van der Waals surface area contributed by atoms with Crippen LogP contribution in [0.3, 0.4) is 0 Å². The lowest BCUT2D eigenvalue weighted by atomic mass is 9.96. The van der Waals surface area contributed by atoms with Gasteiger partial charge in [-0.05, 0) is 43.7 Å². The van der Waals surface area contributed by atoms with Crippen molar-refractivity contribution in [3.05, 3.63) is 82.8 Å². The molecule has 0 aliphatic carbocycles. The Balaban J connectivity index is 1.40. The normalized spacial score (nSPS) is 15.4. The average molecular weight is 452 g/mol. The summed E-state index contributed by atoms with van der Waals surface area (Å²) in [5.74, 6) is -2.23. The third kappa shape index (κ3) is 3.88. The number of benzene rings is 1. The van der Waals surface area contributed by atoms with Gasteiger partial charge in [-0.25, -0.2) is 32.8 Å².